The molecule has 1 amide bonds. The number of benzene rings is 1. The molecule has 1 saturated heterocycles. The molecule has 0 radical (unpaired) electrons. The Morgan fingerprint density at radius 2 is 2.00 bits per heavy atom. The molecule has 2 rings (SSSR count). The number of rotatable bonds is 7. The minimum atomic E-state index is -0.0502. The van der Waals surface area contributed by atoms with E-state index in [0.29, 0.717) is 5.02 Å². The lowest BCUT2D eigenvalue weighted by molar-refractivity contribution is -0.130. The third-order valence-electron chi connectivity index (χ3n) is 4.02. The van der Waals surface area contributed by atoms with Crippen LogP contribution in [0.1, 0.15) is 57.7 Å². The first-order chi connectivity index (χ1) is 10.2. The highest BCUT2D eigenvalue weighted by atomic mass is 35.5. The third-order valence-corrected chi connectivity index (χ3v) is 4.25. The zero-order valence-corrected chi connectivity index (χ0v) is 13.7. The Bertz CT molecular complexity index is 478. The number of amides is 1. The van der Waals surface area contributed by atoms with Crippen LogP contribution in [-0.2, 0) is 4.79 Å². The van der Waals surface area contributed by atoms with E-state index in [0.717, 1.165) is 44.2 Å². The van der Waals surface area contributed by atoms with E-state index >= 15 is 0 Å². The Morgan fingerprint density at radius 1 is 1.24 bits per heavy atom. The average Bonchev–Trinajstić information content (AvgIpc) is 2.79. The molecule has 1 aromatic carbocycles. The predicted molar refractivity (Wildman–Crippen MR) is 87.3 cm³/mol. The Morgan fingerprint density at radius 3 is 2.67 bits per heavy atom. The van der Waals surface area contributed by atoms with E-state index in [9.17, 15) is 4.79 Å². The van der Waals surface area contributed by atoms with Crippen LogP contribution in [0.3, 0.4) is 0 Å². The molecule has 21 heavy (non-hydrogen) atoms. The fourth-order valence-electron chi connectivity index (χ4n) is 2.81. The first kappa shape index (κ1) is 16.3. The molecule has 2 atom stereocenters. The molecule has 1 aromatic rings. The SMILES string of the molecule is CCCCC1NC(c2cccc(Cl)c2)N(CCCC)C1=O. The molecule has 116 valence electrons. The summed E-state index contributed by atoms with van der Waals surface area (Å²) < 4.78 is 0. The molecular formula is C17H25ClN2O. The molecule has 1 aliphatic rings. The van der Waals surface area contributed by atoms with Gasteiger partial charge in [0, 0.05) is 11.6 Å². The quantitative estimate of drug-likeness (QED) is 0.821. The number of hydrogen-bond donors (Lipinski definition) is 1. The Balaban J connectivity index is 2.17. The molecule has 0 spiro atoms. The highest BCUT2D eigenvalue weighted by Crippen LogP contribution is 2.29. The largest absolute Gasteiger partial charge is 0.322 e. The van der Waals surface area contributed by atoms with Crippen LogP contribution < -0.4 is 5.32 Å². The van der Waals surface area contributed by atoms with Gasteiger partial charge in [-0.2, -0.15) is 0 Å². The van der Waals surface area contributed by atoms with Crippen molar-refractivity contribution in [3.8, 4) is 0 Å². The van der Waals surface area contributed by atoms with Crippen LogP contribution in [0.5, 0.6) is 0 Å². The van der Waals surface area contributed by atoms with Crippen molar-refractivity contribution in [2.24, 2.45) is 0 Å². The van der Waals surface area contributed by atoms with Crippen LogP contribution in [0.15, 0.2) is 24.3 Å². The fourth-order valence-corrected chi connectivity index (χ4v) is 3.01. The maximum absolute atomic E-state index is 12.6. The van der Waals surface area contributed by atoms with Gasteiger partial charge in [-0.3, -0.25) is 10.1 Å². The second kappa shape index (κ2) is 7.81. The number of hydrogen-bond acceptors (Lipinski definition) is 2. The van der Waals surface area contributed by atoms with Gasteiger partial charge in [0.2, 0.25) is 5.91 Å². The molecular weight excluding hydrogens is 284 g/mol. The van der Waals surface area contributed by atoms with Gasteiger partial charge in [-0.15, -0.1) is 0 Å². The Labute approximate surface area is 132 Å². The van der Waals surface area contributed by atoms with E-state index in [1.165, 1.54) is 0 Å². The summed E-state index contributed by atoms with van der Waals surface area (Å²) in [6.07, 6.45) is 5.19. The molecule has 0 bridgehead atoms. The smallest absolute Gasteiger partial charge is 0.241 e. The van der Waals surface area contributed by atoms with Gasteiger partial charge in [-0.05, 0) is 30.5 Å². The number of nitrogens with zero attached hydrogens (tertiary/aromatic N) is 1. The summed E-state index contributed by atoms with van der Waals surface area (Å²) in [6, 6.07) is 7.75. The summed E-state index contributed by atoms with van der Waals surface area (Å²) in [5.74, 6) is 0.238. The van der Waals surface area contributed by atoms with Gasteiger partial charge >= 0.3 is 0 Å². The molecule has 0 aromatic heterocycles. The van der Waals surface area contributed by atoms with E-state index in [1.54, 1.807) is 0 Å². The average molecular weight is 309 g/mol. The van der Waals surface area contributed by atoms with Crippen molar-refractivity contribution in [3.63, 3.8) is 0 Å². The van der Waals surface area contributed by atoms with Gasteiger partial charge in [-0.1, -0.05) is 56.8 Å². The molecule has 3 nitrogen and oxygen atoms in total. The summed E-state index contributed by atoms with van der Waals surface area (Å²) in [5, 5.41) is 4.21. The van der Waals surface area contributed by atoms with Crippen LogP contribution in [-0.4, -0.2) is 23.4 Å². The summed E-state index contributed by atoms with van der Waals surface area (Å²) in [5.41, 5.74) is 1.07. The van der Waals surface area contributed by atoms with Gasteiger partial charge < -0.3 is 4.90 Å². The predicted octanol–water partition coefficient (Wildman–Crippen LogP) is 4.13. The van der Waals surface area contributed by atoms with Crippen molar-refractivity contribution in [2.45, 2.75) is 58.2 Å². The van der Waals surface area contributed by atoms with E-state index in [2.05, 4.69) is 19.2 Å². The maximum Gasteiger partial charge on any atom is 0.241 e. The summed E-state index contributed by atoms with van der Waals surface area (Å²) in [6.45, 7) is 5.11. The maximum atomic E-state index is 12.6. The summed E-state index contributed by atoms with van der Waals surface area (Å²) >= 11 is 6.10. The van der Waals surface area contributed by atoms with Gasteiger partial charge in [0.15, 0.2) is 0 Å². The molecule has 4 heteroatoms. The first-order valence-corrected chi connectivity index (χ1v) is 8.37. The van der Waals surface area contributed by atoms with Crippen LogP contribution in [0, 0.1) is 0 Å². The van der Waals surface area contributed by atoms with Crippen LogP contribution in [0.2, 0.25) is 5.02 Å². The third kappa shape index (κ3) is 3.98. The first-order valence-electron chi connectivity index (χ1n) is 7.99. The number of carbonyl (C=O) groups is 1. The fraction of sp³-hybridized carbons (Fsp3) is 0.588. The second-order valence-corrected chi connectivity index (χ2v) is 6.14. The van der Waals surface area contributed by atoms with Crippen molar-refractivity contribution < 1.29 is 4.79 Å². The minimum absolute atomic E-state index is 0.0374. The number of nitrogens with one attached hydrogen (secondary N) is 1. The normalized spacial score (nSPS) is 22.0. The van der Waals surface area contributed by atoms with E-state index in [1.807, 2.05) is 29.2 Å². The number of carbonyl (C=O) groups excluding carboxylic acids is 1. The molecule has 1 fully saturated rings. The highest BCUT2D eigenvalue weighted by Gasteiger charge is 2.38. The van der Waals surface area contributed by atoms with Crippen LogP contribution in [0.4, 0.5) is 0 Å². The summed E-state index contributed by atoms with van der Waals surface area (Å²) in [7, 11) is 0. The molecule has 1 aliphatic heterocycles. The van der Waals surface area contributed by atoms with E-state index in [-0.39, 0.29) is 18.1 Å². The number of halogens is 1. The van der Waals surface area contributed by atoms with E-state index in [4.69, 9.17) is 11.6 Å². The van der Waals surface area contributed by atoms with Crippen molar-refractivity contribution >= 4 is 17.5 Å². The van der Waals surface area contributed by atoms with Crippen LogP contribution in [0.25, 0.3) is 0 Å². The van der Waals surface area contributed by atoms with Crippen LogP contribution >= 0.6 is 11.6 Å². The summed E-state index contributed by atoms with van der Waals surface area (Å²) in [4.78, 5) is 14.6. The number of unbranched alkanes of at least 4 members (excludes halogenated alkanes) is 2. The molecule has 1 heterocycles. The van der Waals surface area contributed by atoms with Gasteiger partial charge in [0.05, 0.1) is 6.04 Å². The molecule has 0 saturated carbocycles. The molecule has 0 aliphatic carbocycles. The lowest BCUT2D eigenvalue weighted by Gasteiger charge is -2.24. The minimum Gasteiger partial charge on any atom is -0.322 e. The van der Waals surface area contributed by atoms with Crippen molar-refractivity contribution in [3.05, 3.63) is 34.9 Å². The molecule has 2 unspecified atom stereocenters. The van der Waals surface area contributed by atoms with Gasteiger partial charge in [0.1, 0.15) is 6.17 Å². The monoisotopic (exact) mass is 308 g/mol. The second-order valence-electron chi connectivity index (χ2n) is 5.70. The van der Waals surface area contributed by atoms with E-state index < -0.39 is 0 Å². The zero-order valence-electron chi connectivity index (χ0n) is 12.9. The van der Waals surface area contributed by atoms with Crippen molar-refractivity contribution in [1.82, 2.24) is 10.2 Å². The van der Waals surface area contributed by atoms with Gasteiger partial charge in [0.25, 0.3) is 0 Å². The lowest BCUT2D eigenvalue weighted by Crippen LogP contribution is -2.32. The van der Waals surface area contributed by atoms with Gasteiger partial charge in [-0.25, -0.2) is 0 Å². The van der Waals surface area contributed by atoms with Crippen molar-refractivity contribution in [1.29, 1.82) is 0 Å². The standard InChI is InChI=1S/C17H25ClN2O/c1-3-5-10-15-17(21)20(11-6-4-2)16(19-15)13-8-7-9-14(18)12-13/h7-9,12,15-16,19H,3-6,10-11H2,1-2H3. The van der Waals surface area contributed by atoms with Crippen molar-refractivity contribution in [2.75, 3.05) is 6.54 Å². The zero-order chi connectivity index (χ0) is 15.2. The molecule has 1 N–H and O–H groups in total. The Kier molecular flexibility index (Phi) is 6.07. The topological polar surface area (TPSA) is 32.3 Å². The highest BCUT2D eigenvalue weighted by molar-refractivity contribution is 6.30. The Hall–Kier alpha value is -1.06. The lowest BCUT2D eigenvalue weighted by atomic mass is 10.1.